The van der Waals surface area contributed by atoms with Gasteiger partial charge in [0.05, 0.1) is 9.77 Å². The van der Waals surface area contributed by atoms with Crippen molar-refractivity contribution in [1.82, 2.24) is 9.21 Å². The molecular weight excluding hydrogens is 392 g/mol. The predicted octanol–water partition coefficient (Wildman–Crippen LogP) is 3.55. The van der Waals surface area contributed by atoms with Gasteiger partial charge in [0.15, 0.2) is 0 Å². The molecule has 2 aliphatic heterocycles. The Labute approximate surface area is 171 Å². The number of carbonyl (C=O) groups is 1. The first-order valence-electron chi connectivity index (χ1n) is 9.78. The Hall–Kier alpha value is -1.57. The molecule has 0 bridgehead atoms. The third-order valence-electron chi connectivity index (χ3n) is 5.81. The van der Waals surface area contributed by atoms with E-state index in [1.165, 1.54) is 0 Å². The Balaban J connectivity index is 1.59. The maximum absolute atomic E-state index is 13.4. The highest BCUT2D eigenvalue weighted by Gasteiger charge is 2.48. The second kappa shape index (κ2) is 7.35. The fourth-order valence-corrected chi connectivity index (χ4v) is 7.40. The van der Waals surface area contributed by atoms with E-state index in [4.69, 9.17) is 0 Å². The van der Waals surface area contributed by atoms with Crippen LogP contribution in [0.15, 0.2) is 47.4 Å². The summed E-state index contributed by atoms with van der Waals surface area (Å²) in [5.41, 5.74) is 0. The van der Waals surface area contributed by atoms with Crippen LogP contribution in [0.5, 0.6) is 0 Å². The van der Waals surface area contributed by atoms with E-state index in [2.05, 4.69) is 0 Å². The van der Waals surface area contributed by atoms with Gasteiger partial charge in [0.1, 0.15) is 0 Å². The third kappa shape index (κ3) is 3.23. The monoisotopic (exact) mass is 418 g/mol. The molecule has 0 N–H and O–H groups in total. The van der Waals surface area contributed by atoms with Gasteiger partial charge in [-0.1, -0.05) is 50.2 Å². The Morgan fingerprint density at radius 1 is 1.04 bits per heavy atom. The fourth-order valence-electron chi connectivity index (χ4n) is 4.28. The van der Waals surface area contributed by atoms with Crippen molar-refractivity contribution in [1.29, 1.82) is 0 Å². The van der Waals surface area contributed by atoms with Gasteiger partial charge in [-0.25, -0.2) is 8.42 Å². The summed E-state index contributed by atoms with van der Waals surface area (Å²) in [6.07, 6.45) is 1.36. The largest absolute Gasteiger partial charge is 0.327 e. The van der Waals surface area contributed by atoms with Crippen molar-refractivity contribution in [3.63, 3.8) is 0 Å². The van der Waals surface area contributed by atoms with Crippen LogP contribution in [-0.2, 0) is 14.8 Å². The van der Waals surface area contributed by atoms with E-state index < -0.39 is 10.0 Å². The molecule has 0 radical (unpaired) electrons. The molecule has 150 valence electrons. The van der Waals surface area contributed by atoms with Crippen molar-refractivity contribution in [3.8, 4) is 0 Å². The maximum Gasteiger partial charge on any atom is 0.243 e. The van der Waals surface area contributed by atoms with E-state index >= 15 is 0 Å². The first-order chi connectivity index (χ1) is 13.3. The van der Waals surface area contributed by atoms with Crippen molar-refractivity contribution in [2.24, 2.45) is 5.92 Å². The van der Waals surface area contributed by atoms with Crippen molar-refractivity contribution in [2.75, 3.05) is 25.4 Å². The van der Waals surface area contributed by atoms with Crippen LogP contribution >= 0.6 is 11.8 Å². The lowest BCUT2D eigenvalue weighted by Crippen LogP contribution is -2.54. The lowest BCUT2D eigenvalue weighted by atomic mass is 10.0. The zero-order chi connectivity index (χ0) is 19.9. The van der Waals surface area contributed by atoms with Crippen LogP contribution in [0.4, 0.5) is 0 Å². The normalized spacial score (nSPS) is 20.3. The summed E-state index contributed by atoms with van der Waals surface area (Å²) in [5, 5.41) is 1.69. The topological polar surface area (TPSA) is 57.7 Å². The van der Waals surface area contributed by atoms with Crippen molar-refractivity contribution >= 4 is 38.5 Å². The van der Waals surface area contributed by atoms with Gasteiger partial charge in [-0.05, 0) is 24.3 Å². The van der Waals surface area contributed by atoms with Crippen LogP contribution in [0, 0.1) is 5.92 Å². The molecule has 7 heteroatoms. The molecule has 5 nitrogen and oxygen atoms in total. The summed E-state index contributed by atoms with van der Waals surface area (Å²) >= 11 is 1.81. The molecule has 0 saturated carbocycles. The second-order valence-electron chi connectivity index (χ2n) is 7.82. The smallest absolute Gasteiger partial charge is 0.243 e. The van der Waals surface area contributed by atoms with E-state index in [1.54, 1.807) is 16.4 Å². The van der Waals surface area contributed by atoms with Gasteiger partial charge in [0, 0.05) is 36.7 Å². The SMILES string of the molecule is CC(C)C(=O)N1CCSC12CCN(S(=O)(=O)c1cccc3ccccc13)CC2. The number of sulfonamides is 1. The number of fused-ring (bicyclic) bond motifs is 1. The third-order valence-corrected chi connectivity index (χ3v) is 9.32. The number of nitrogens with zero attached hydrogens (tertiary/aromatic N) is 2. The zero-order valence-electron chi connectivity index (χ0n) is 16.3. The van der Waals surface area contributed by atoms with E-state index in [-0.39, 0.29) is 16.7 Å². The number of benzene rings is 2. The van der Waals surface area contributed by atoms with Crippen molar-refractivity contribution in [3.05, 3.63) is 42.5 Å². The molecule has 1 amide bonds. The zero-order valence-corrected chi connectivity index (χ0v) is 17.9. The quantitative estimate of drug-likeness (QED) is 0.765. The standard InChI is InChI=1S/C21H26N2O3S2/c1-16(2)20(24)23-14-15-27-21(23)10-12-22(13-11-21)28(25,26)19-9-5-7-17-6-3-4-8-18(17)19/h3-9,16H,10-15H2,1-2H3. The lowest BCUT2D eigenvalue weighted by molar-refractivity contribution is -0.137. The average molecular weight is 419 g/mol. The minimum atomic E-state index is -3.57. The molecular formula is C21H26N2O3S2. The summed E-state index contributed by atoms with van der Waals surface area (Å²) in [6, 6.07) is 13.0. The Morgan fingerprint density at radius 3 is 2.43 bits per heavy atom. The molecule has 2 heterocycles. The van der Waals surface area contributed by atoms with Crippen LogP contribution in [0.3, 0.4) is 0 Å². The van der Waals surface area contributed by atoms with Gasteiger partial charge in [-0.3, -0.25) is 4.79 Å². The molecule has 0 aliphatic carbocycles. The Bertz CT molecular complexity index is 990. The van der Waals surface area contributed by atoms with Crippen LogP contribution in [0.1, 0.15) is 26.7 Å². The van der Waals surface area contributed by atoms with E-state index in [1.807, 2.05) is 60.8 Å². The van der Waals surface area contributed by atoms with Gasteiger partial charge < -0.3 is 4.90 Å². The Kier molecular flexibility index (Phi) is 5.18. The van der Waals surface area contributed by atoms with Gasteiger partial charge >= 0.3 is 0 Å². The highest BCUT2D eigenvalue weighted by molar-refractivity contribution is 8.00. The van der Waals surface area contributed by atoms with E-state index in [9.17, 15) is 13.2 Å². The fraction of sp³-hybridized carbons (Fsp3) is 0.476. The number of piperidine rings is 1. The molecule has 2 fully saturated rings. The number of amides is 1. The molecule has 2 aromatic carbocycles. The summed E-state index contributed by atoms with van der Waals surface area (Å²) < 4.78 is 28.3. The predicted molar refractivity (Wildman–Crippen MR) is 114 cm³/mol. The summed E-state index contributed by atoms with van der Waals surface area (Å²) in [4.78, 5) is 14.8. The maximum atomic E-state index is 13.4. The summed E-state index contributed by atoms with van der Waals surface area (Å²) in [5.74, 6) is 1.07. The molecule has 4 rings (SSSR count). The van der Waals surface area contributed by atoms with Crippen LogP contribution in [0.25, 0.3) is 10.8 Å². The number of hydrogen-bond donors (Lipinski definition) is 0. The van der Waals surface area contributed by atoms with Crippen LogP contribution in [-0.4, -0.2) is 53.8 Å². The minimum Gasteiger partial charge on any atom is -0.327 e. The number of carbonyl (C=O) groups excluding carboxylic acids is 1. The molecule has 2 aromatic rings. The molecule has 2 saturated heterocycles. The first kappa shape index (κ1) is 19.7. The van der Waals surface area contributed by atoms with Crippen LogP contribution < -0.4 is 0 Å². The lowest BCUT2D eigenvalue weighted by Gasteiger charge is -2.44. The van der Waals surface area contributed by atoms with Gasteiger partial charge in [-0.15, -0.1) is 11.8 Å². The van der Waals surface area contributed by atoms with Gasteiger partial charge in [0.25, 0.3) is 0 Å². The highest BCUT2D eigenvalue weighted by atomic mass is 32.2. The van der Waals surface area contributed by atoms with Crippen molar-refractivity contribution < 1.29 is 13.2 Å². The average Bonchev–Trinajstić information content (AvgIpc) is 3.09. The Morgan fingerprint density at radius 2 is 1.71 bits per heavy atom. The van der Waals surface area contributed by atoms with E-state index in [0.717, 1.165) is 23.1 Å². The molecule has 28 heavy (non-hydrogen) atoms. The molecule has 1 spiro atoms. The number of hydrogen-bond acceptors (Lipinski definition) is 4. The minimum absolute atomic E-state index is 0.0342. The van der Waals surface area contributed by atoms with Crippen molar-refractivity contribution in [2.45, 2.75) is 36.5 Å². The number of thioether (sulfide) groups is 1. The van der Waals surface area contributed by atoms with Gasteiger partial charge in [-0.2, -0.15) is 4.31 Å². The first-order valence-corrected chi connectivity index (χ1v) is 12.2. The molecule has 0 atom stereocenters. The summed E-state index contributed by atoms with van der Waals surface area (Å²) in [7, 11) is -3.57. The summed E-state index contributed by atoms with van der Waals surface area (Å²) in [6.45, 7) is 5.51. The number of rotatable bonds is 3. The molecule has 0 unspecified atom stereocenters. The van der Waals surface area contributed by atoms with Crippen LogP contribution in [0.2, 0.25) is 0 Å². The molecule has 0 aromatic heterocycles. The van der Waals surface area contributed by atoms with Gasteiger partial charge in [0.2, 0.25) is 15.9 Å². The second-order valence-corrected chi connectivity index (χ2v) is 11.2. The van der Waals surface area contributed by atoms with E-state index in [0.29, 0.717) is 30.8 Å². The highest BCUT2D eigenvalue weighted by Crippen LogP contribution is 2.45. The molecule has 2 aliphatic rings.